The highest BCUT2D eigenvalue weighted by Gasteiger charge is 2.58. The molecule has 4 rings (SSSR count). The van der Waals surface area contributed by atoms with Gasteiger partial charge in [0, 0.05) is 35.3 Å². The van der Waals surface area contributed by atoms with Gasteiger partial charge in [0.05, 0.1) is 6.61 Å². The van der Waals surface area contributed by atoms with Crippen LogP contribution in [-0.4, -0.2) is 39.2 Å². The highest BCUT2D eigenvalue weighted by atomic mass is 35.5. The summed E-state index contributed by atoms with van der Waals surface area (Å²) in [6.45, 7) is 1.47. The molecule has 6 nitrogen and oxygen atoms in total. The van der Waals surface area contributed by atoms with Crippen LogP contribution in [0.3, 0.4) is 0 Å². The van der Waals surface area contributed by atoms with Crippen LogP contribution in [0.15, 0.2) is 54.6 Å². The van der Waals surface area contributed by atoms with Crippen LogP contribution in [0.1, 0.15) is 36.0 Å². The molecule has 2 aromatic carbocycles. The van der Waals surface area contributed by atoms with Crippen molar-refractivity contribution < 1.29 is 22.3 Å². The van der Waals surface area contributed by atoms with E-state index in [2.05, 4.69) is 4.90 Å². The summed E-state index contributed by atoms with van der Waals surface area (Å²) in [6.07, 6.45) is 2.29. The number of ether oxygens (including phenoxy) is 1. The number of alkyl halides is 1. The lowest BCUT2D eigenvalue weighted by molar-refractivity contribution is -0.107. The van der Waals surface area contributed by atoms with Gasteiger partial charge in [-0.3, -0.25) is 4.79 Å². The molecule has 2 aliphatic rings. The quantitative estimate of drug-likeness (QED) is 0.607. The molecule has 0 spiro atoms. The van der Waals surface area contributed by atoms with Gasteiger partial charge in [0.25, 0.3) is 15.9 Å². The zero-order valence-corrected chi connectivity index (χ0v) is 19.1. The molecule has 1 saturated heterocycles. The van der Waals surface area contributed by atoms with E-state index in [9.17, 15) is 13.2 Å². The fraction of sp³-hybridized carbons (Fsp3) is 0.435. The Morgan fingerprint density at radius 1 is 1.09 bits per heavy atom. The third-order valence-electron chi connectivity index (χ3n) is 6.00. The lowest BCUT2D eigenvalue weighted by atomic mass is 9.97. The smallest absolute Gasteiger partial charge is 0.333 e. The van der Waals surface area contributed by atoms with Crippen LogP contribution < -0.4 is 9.62 Å². The lowest BCUT2D eigenvalue weighted by Crippen LogP contribution is -2.49. The van der Waals surface area contributed by atoms with Crippen LogP contribution in [0.2, 0.25) is 5.02 Å². The summed E-state index contributed by atoms with van der Waals surface area (Å²) in [5, 5.41) is -2.25. The summed E-state index contributed by atoms with van der Waals surface area (Å²) >= 11 is 6.07. The largest absolute Gasteiger partial charge is 0.371 e. The zero-order chi connectivity index (χ0) is 22.8. The van der Waals surface area contributed by atoms with Crippen molar-refractivity contribution in [1.82, 2.24) is 4.72 Å². The number of anilines is 1. The number of carbonyl (C=O) groups is 1. The number of hydrogen-bond donors (Lipinski definition) is 1. The van der Waals surface area contributed by atoms with E-state index in [-0.39, 0.29) is 18.1 Å². The van der Waals surface area contributed by atoms with Crippen LogP contribution in [0.25, 0.3) is 0 Å². The molecule has 0 radical (unpaired) electrons. The van der Waals surface area contributed by atoms with Crippen molar-refractivity contribution in [2.45, 2.75) is 30.9 Å². The number of halogens is 2. The molecule has 1 atom stereocenters. The SMILES string of the molecule is O=C(NS(=O)(=O)C(F)(OCC1CCN(c2cccc(Cl)c2)CC1)C1CC1)c1ccccc1. The van der Waals surface area contributed by atoms with Gasteiger partial charge < -0.3 is 9.64 Å². The Labute approximate surface area is 192 Å². The van der Waals surface area contributed by atoms with Gasteiger partial charge in [-0.05, 0) is 61.9 Å². The normalized spacial score (nSPS) is 19.4. The Morgan fingerprint density at radius 2 is 1.78 bits per heavy atom. The van der Waals surface area contributed by atoms with E-state index in [0.717, 1.165) is 31.6 Å². The van der Waals surface area contributed by atoms with Gasteiger partial charge in [-0.15, -0.1) is 0 Å². The van der Waals surface area contributed by atoms with Gasteiger partial charge >= 0.3 is 5.19 Å². The number of nitrogens with one attached hydrogen (secondary N) is 1. The summed E-state index contributed by atoms with van der Waals surface area (Å²) in [5.41, 5.74) is 1.17. The predicted octanol–water partition coefficient (Wildman–Crippen LogP) is 4.37. The number of benzene rings is 2. The number of nitrogens with zero attached hydrogens (tertiary/aromatic N) is 1. The summed E-state index contributed by atoms with van der Waals surface area (Å²) in [7, 11) is -4.68. The first-order chi connectivity index (χ1) is 15.3. The number of sulfonamides is 1. The fourth-order valence-corrected chi connectivity index (χ4v) is 5.53. The van der Waals surface area contributed by atoms with Gasteiger partial charge in [0.1, 0.15) is 0 Å². The van der Waals surface area contributed by atoms with Crippen molar-refractivity contribution in [2.24, 2.45) is 11.8 Å². The van der Waals surface area contributed by atoms with Crippen LogP contribution in [0.4, 0.5) is 10.1 Å². The lowest BCUT2D eigenvalue weighted by Gasteiger charge is -2.35. The van der Waals surface area contributed by atoms with Crippen molar-refractivity contribution in [3.05, 3.63) is 65.2 Å². The molecule has 1 heterocycles. The Kier molecular flexibility index (Phi) is 6.74. The molecule has 0 bridgehead atoms. The van der Waals surface area contributed by atoms with Gasteiger partial charge in [-0.2, -0.15) is 4.39 Å². The van der Waals surface area contributed by atoms with E-state index in [1.165, 1.54) is 12.1 Å². The van der Waals surface area contributed by atoms with Crippen molar-refractivity contribution in [3.8, 4) is 0 Å². The number of piperidine rings is 1. The first-order valence-electron chi connectivity index (χ1n) is 10.7. The summed E-state index contributed by atoms with van der Waals surface area (Å²) in [6, 6.07) is 15.5. The molecule has 2 fully saturated rings. The second-order valence-corrected chi connectivity index (χ2v) is 10.6. The molecule has 2 aromatic rings. The summed E-state index contributed by atoms with van der Waals surface area (Å²) < 4.78 is 48.6. The highest BCUT2D eigenvalue weighted by molar-refractivity contribution is 7.91. The average Bonchev–Trinajstić information content (AvgIpc) is 3.64. The maximum Gasteiger partial charge on any atom is 0.333 e. The molecular formula is C23H26ClFN2O4S. The molecule has 1 saturated carbocycles. The van der Waals surface area contributed by atoms with Crippen LogP contribution in [0, 0.1) is 11.8 Å². The number of amides is 1. The molecule has 0 aromatic heterocycles. The molecule has 1 amide bonds. The topological polar surface area (TPSA) is 75.7 Å². The van der Waals surface area contributed by atoms with Gasteiger partial charge in [-0.25, -0.2) is 13.1 Å². The summed E-state index contributed by atoms with van der Waals surface area (Å²) in [5.74, 6) is -1.61. The Balaban J connectivity index is 1.37. The Morgan fingerprint density at radius 3 is 2.41 bits per heavy atom. The molecule has 32 heavy (non-hydrogen) atoms. The first kappa shape index (κ1) is 23.0. The second-order valence-electron chi connectivity index (χ2n) is 8.38. The van der Waals surface area contributed by atoms with Gasteiger partial charge in [0.15, 0.2) is 0 Å². The average molecular weight is 481 g/mol. The molecule has 1 aliphatic carbocycles. The van der Waals surface area contributed by atoms with E-state index in [1.807, 2.05) is 29.0 Å². The molecule has 172 valence electrons. The van der Waals surface area contributed by atoms with Crippen molar-refractivity contribution in [1.29, 1.82) is 0 Å². The van der Waals surface area contributed by atoms with Crippen molar-refractivity contribution >= 4 is 33.2 Å². The number of carbonyl (C=O) groups excluding carboxylic acids is 1. The van der Waals surface area contributed by atoms with Crippen molar-refractivity contribution in [2.75, 3.05) is 24.6 Å². The third kappa shape index (κ3) is 5.08. The van der Waals surface area contributed by atoms with E-state index in [1.54, 1.807) is 18.2 Å². The van der Waals surface area contributed by atoms with Gasteiger partial charge in [-0.1, -0.05) is 35.9 Å². The fourth-order valence-electron chi connectivity index (χ4n) is 3.95. The minimum absolute atomic E-state index is 0.0170. The van der Waals surface area contributed by atoms with E-state index >= 15 is 4.39 Å². The van der Waals surface area contributed by atoms with E-state index in [0.29, 0.717) is 17.9 Å². The molecular weight excluding hydrogens is 455 g/mol. The summed E-state index contributed by atoms with van der Waals surface area (Å²) in [4.78, 5) is 14.5. The predicted molar refractivity (Wildman–Crippen MR) is 122 cm³/mol. The second kappa shape index (κ2) is 9.37. The van der Waals surface area contributed by atoms with Crippen molar-refractivity contribution in [3.63, 3.8) is 0 Å². The zero-order valence-electron chi connectivity index (χ0n) is 17.5. The van der Waals surface area contributed by atoms with E-state index < -0.39 is 27.0 Å². The monoisotopic (exact) mass is 480 g/mol. The molecule has 1 unspecified atom stereocenters. The van der Waals surface area contributed by atoms with Gasteiger partial charge in [0.2, 0.25) is 0 Å². The maximum atomic E-state index is 15.7. The van der Waals surface area contributed by atoms with E-state index in [4.69, 9.17) is 16.3 Å². The number of rotatable bonds is 8. The maximum absolute atomic E-state index is 15.7. The Hall–Kier alpha value is -2.16. The standard InChI is InChI=1S/C23H26ClFN2O4S/c24-20-7-4-8-21(15-20)27-13-11-17(12-14-27)16-31-23(25,19-9-10-19)32(29,30)26-22(28)18-5-2-1-3-6-18/h1-8,15,17,19H,9-14,16H2,(H,26,28). The molecule has 9 heteroatoms. The first-order valence-corrected chi connectivity index (χ1v) is 12.6. The molecule has 1 aliphatic heterocycles. The molecule has 1 N–H and O–H groups in total. The highest BCUT2D eigenvalue weighted by Crippen LogP contribution is 2.46. The number of hydrogen-bond acceptors (Lipinski definition) is 5. The minimum Gasteiger partial charge on any atom is -0.371 e. The minimum atomic E-state index is -4.68. The van der Waals surface area contributed by atoms with Crippen LogP contribution in [-0.2, 0) is 14.8 Å². The third-order valence-corrected chi connectivity index (χ3v) is 7.87. The Bertz CT molecular complexity index is 1060. The van der Waals surface area contributed by atoms with Crippen LogP contribution >= 0.6 is 11.6 Å². The van der Waals surface area contributed by atoms with Crippen LogP contribution in [0.5, 0.6) is 0 Å².